The van der Waals surface area contributed by atoms with E-state index in [2.05, 4.69) is 33.4 Å². The van der Waals surface area contributed by atoms with E-state index in [0.29, 0.717) is 12.0 Å². The summed E-state index contributed by atoms with van der Waals surface area (Å²) in [5.74, 6) is 0.654. The highest BCUT2D eigenvalue weighted by atomic mass is 32.1. The van der Waals surface area contributed by atoms with Crippen LogP contribution in [-0.4, -0.2) is 41.0 Å². The molecule has 4 nitrogen and oxygen atoms in total. The standard InChI is InChI=1S/C22H23N3OS/c26-22(20-13-17-5-1-2-6-19(17)27-20)24-21-16-7-10-25(11-8-16)18(21)12-15-4-3-9-23-14-15/h1-6,9,13-14,16,18,21H,7-8,10-12H2,(H,24,26)/t18-,21-/m0/s1. The Morgan fingerprint density at radius 1 is 1.19 bits per heavy atom. The van der Waals surface area contributed by atoms with Crippen molar-refractivity contribution in [1.29, 1.82) is 0 Å². The van der Waals surface area contributed by atoms with E-state index >= 15 is 0 Å². The number of carbonyl (C=O) groups excluding carboxylic acids is 1. The molecule has 2 bridgehead atoms. The van der Waals surface area contributed by atoms with Crippen LogP contribution in [0, 0.1) is 5.92 Å². The third-order valence-corrected chi connectivity index (χ3v) is 7.20. The molecular weight excluding hydrogens is 354 g/mol. The van der Waals surface area contributed by atoms with Gasteiger partial charge in [0.15, 0.2) is 0 Å². The van der Waals surface area contributed by atoms with Crippen molar-refractivity contribution in [3.05, 3.63) is 65.3 Å². The van der Waals surface area contributed by atoms with Crippen LogP contribution in [0.2, 0.25) is 0 Å². The predicted octanol–water partition coefficient (Wildman–Crippen LogP) is 3.73. The van der Waals surface area contributed by atoms with E-state index in [-0.39, 0.29) is 11.9 Å². The number of carbonyl (C=O) groups is 1. The molecule has 0 aliphatic carbocycles. The van der Waals surface area contributed by atoms with Crippen molar-refractivity contribution >= 4 is 27.3 Å². The van der Waals surface area contributed by atoms with Crippen molar-refractivity contribution < 1.29 is 4.79 Å². The van der Waals surface area contributed by atoms with Crippen LogP contribution in [0.4, 0.5) is 0 Å². The molecule has 5 heterocycles. The Morgan fingerprint density at radius 2 is 2.04 bits per heavy atom. The number of fused-ring (bicyclic) bond motifs is 4. The largest absolute Gasteiger partial charge is 0.347 e. The summed E-state index contributed by atoms with van der Waals surface area (Å²) in [5.41, 5.74) is 1.25. The highest BCUT2D eigenvalue weighted by Crippen LogP contribution is 2.34. The normalized spacial score (nSPS) is 27.0. The molecule has 3 aromatic rings. The predicted molar refractivity (Wildman–Crippen MR) is 109 cm³/mol. The Balaban J connectivity index is 1.38. The molecule has 0 spiro atoms. The van der Waals surface area contributed by atoms with Crippen LogP contribution < -0.4 is 5.32 Å². The second-order valence-electron chi connectivity index (χ2n) is 7.65. The summed E-state index contributed by atoms with van der Waals surface area (Å²) < 4.78 is 1.17. The lowest BCUT2D eigenvalue weighted by Crippen LogP contribution is -2.64. The molecule has 2 aromatic heterocycles. The number of hydrogen-bond acceptors (Lipinski definition) is 4. The van der Waals surface area contributed by atoms with Gasteiger partial charge < -0.3 is 5.32 Å². The summed E-state index contributed by atoms with van der Waals surface area (Å²) in [6.07, 6.45) is 7.08. The molecule has 3 aliphatic heterocycles. The van der Waals surface area contributed by atoms with E-state index in [1.165, 1.54) is 23.1 Å². The first-order valence-corrected chi connectivity index (χ1v) is 10.5. The number of rotatable bonds is 4. The summed E-state index contributed by atoms with van der Waals surface area (Å²) in [5, 5.41) is 4.55. The average Bonchev–Trinajstić information content (AvgIpc) is 3.16. The first-order valence-electron chi connectivity index (χ1n) is 9.70. The van der Waals surface area contributed by atoms with Crippen LogP contribution in [-0.2, 0) is 6.42 Å². The third-order valence-electron chi connectivity index (χ3n) is 6.08. The molecule has 0 saturated carbocycles. The van der Waals surface area contributed by atoms with Crippen molar-refractivity contribution in [3.8, 4) is 0 Å². The SMILES string of the molecule is O=C(N[C@H]1C2CCN(CC2)[C@H]1Cc1cccnc1)c1cc2ccccc2s1. The zero-order chi connectivity index (χ0) is 18.2. The molecule has 27 heavy (non-hydrogen) atoms. The third kappa shape index (κ3) is 3.26. The summed E-state index contributed by atoms with van der Waals surface area (Å²) in [4.78, 5) is 20.7. The van der Waals surface area contributed by atoms with E-state index in [1.54, 1.807) is 11.3 Å². The number of thiophene rings is 1. The quantitative estimate of drug-likeness (QED) is 0.753. The van der Waals surface area contributed by atoms with Crippen LogP contribution >= 0.6 is 11.3 Å². The van der Waals surface area contributed by atoms with Crippen molar-refractivity contribution in [2.45, 2.75) is 31.3 Å². The average molecular weight is 378 g/mol. The van der Waals surface area contributed by atoms with E-state index in [4.69, 9.17) is 0 Å². The number of nitrogens with one attached hydrogen (secondary N) is 1. The first-order chi connectivity index (χ1) is 13.3. The Bertz CT molecular complexity index is 913. The minimum absolute atomic E-state index is 0.0751. The van der Waals surface area contributed by atoms with Crippen LogP contribution in [0.1, 0.15) is 28.1 Å². The Labute approximate surface area is 163 Å². The molecule has 3 saturated heterocycles. The van der Waals surface area contributed by atoms with Crippen molar-refractivity contribution in [2.75, 3.05) is 13.1 Å². The molecule has 0 unspecified atom stereocenters. The number of amides is 1. The van der Waals surface area contributed by atoms with Gasteiger partial charge in [-0.1, -0.05) is 24.3 Å². The molecule has 0 radical (unpaired) electrons. The molecule has 1 N–H and O–H groups in total. The van der Waals surface area contributed by atoms with Crippen molar-refractivity contribution in [2.24, 2.45) is 5.92 Å². The number of piperidine rings is 3. The lowest BCUT2D eigenvalue weighted by Gasteiger charge is -2.51. The van der Waals surface area contributed by atoms with Crippen LogP contribution in [0.3, 0.4) is 0 Å². The zero-order valence-electron chi connectivity index (χ0n) is 15.2. The van der Waals surface area contributed by atoms with Gasteiger partial charge in [-0.25, -0.2) is 0 Å². The van der Waals surface area contributed by atoms with Gasteiger partial charge in [0.2, 0.25) is 0 Å². The highest BCUT2D eigenvalue weighted by Gasteiger charge is 2.42. The lowest BCUT2D eigenvalue weighted by atomic mass is 9.77. The van der Waals surface area contributed by atoms with E-state index in [9.17, 15) is 4.79 Å². The number of pyridine rings is 1. The maximum Gasteiger partial charge on any atom is 0.261 e. The fourth-order valence-corrected chi connectivity index (χ4v) is 5.66. The van der Waals surface area contributed by atoms with Crippen LogP contribution in [0.5, 0.6) is 0 Å². The van der Waals surface area contributed by atoms with Gasteiger partial charge in [0, 0.05) is 29.2 Å². The van der Waals surface area contributed by atoms with E-state index in [0.717, 1.165) is 29.8 Å². The number of benzene rings is 1. The second-order valence-corrected chi connectivity index (χ2v) is 8.74. The van der Waals surface area contributed by atoms with Crippen molar-refractivity contribution in [1.82, 2.24) is 15.2 Å². The van der Waals surface area contributed by atoms with Crippen LogP contribution in [0.25, 0.3) is 10.1 Å². The summed E-state index contributed by atoms with van der Waals surface area (Å²) in [6.45, 7) is 2.29. The van der Waals surface area contributed by atoms with Gasteiger partial charge in [-0.3, -0.25) is 14.7 Å². The van der Waals surface area contributed by atoms with Crippen molar-refractivity contribution in [3.63, 3.8) is 0 Å². The first kappa shape index (κ1) is 16.9. The Hall–Kier alpha value is -2.24. The molecule has 138 valence electrons. The molecule has 5 heteroatoms. The van der Waals surface area contributed by atoms with E-state index in [1.807, 2.05) is 36.7 Å². The summed E-state index contributed by atoms with van der Waals surface area (Å²) in [6, 6.07) is 14.9. The van der Waals surface area contributed by atoms with Gasteiger partial charge in [0.1, 0.15) is 0 Å². The minimum atomic E-state index is 0.0751. The summed E-state index contributed by atoms with van der Waals surface area (Å²) in [7, 11) is 0. The highest BCUT2D eigenvalue weighted by molar-refractivity contribution is 7.20. The lowest BCUT2D eigenvalue weighted by molar-refractivity contribution is 0.0137. The van der Waals surface area contributed by atoms with Crippen LogP contribution in [0.15, 0.2) is 54.9 Å². The second kappa shape index (κ2) is 7.06. The molecule has 1 amide bonds. The van der Waals surface area contributed by atoms with Gasteiger partial charge in [-0.15, -0.1) is 11.3 Å². The minimum Gasteiger partial charge on any atom is -0.347 e. The Kier molecular flexibility index (Phi) is 4.42. The smallest absolute Gasteiger partial charge is 0.261 e. The van der Waals surface area contributed by atoms with Gasteiger partial charge >= 0.3 is 0 Å². The molecule has 2 atom stereocenters. The molecular formula is C22H23N3OS. The zero-order valence-corrected chi connectivity index (χ0v) is 16.0. The Morgan fingerprint density at radius 3 is 2.81 bits per heavy atom. The van der Waals surface area contributed by atoms with E-state index < -0.39 is 0 Å². The number of nitrogens with zero attached hydrogens (tertiary/aromatic N) is 2. The van der Waals surface area contributed by atoms with Gasteiger partial charge in [-0.05, 0) is 67.4 Å². The van der Waals surface area contributed by atoms with Gasteiger partial charge in [0.05, 0.1) is 4.88 Å². The maximum atomic E-state index is 13.0. The number of aromatic nitrogens is 1. The maximum absolute atomic E-state index is 13.0. The van der Waals surface area contributed by atoms with Gasteiger partial charge in [-0.2, -0.15) is 0 Å². The van der Waals surface area contributed by atoms with Gasteiger partial charge in [0.25, 0.3) is 5.91 Å². The molecule has 3 aliphatic rings. The molecule has 6 rings (SSSR count). The number of hydrogen-bond donors (Lipinski definition) is 1. The fourth-order valence-electron chi connectivity index (χ4n) is 4.70. The molecule has 3 fully saturated rings. The monoisotopic (exact) mass is 377 g/mol. The molecule has 1 aromatic carbocycles. The summed E-state index contributed by atoms with van der Waals surface area (Å²) >= 11 is 1.58. The fraction of sp³-hybridized carbons (Fsp3) is 0.364. The topological polar surface area (TPSA) is 45.2 Å².